The van der Waals surface area contributed by atoms with Crippen LogP contribution in [-0.4, -0.2) is 21.8 Å². The van der Waals surface area contributed by atoms with Gasteiger partial charge in [0.25, 0.3) is 0 Å². The molecule has 0 fully saturated rings. The molecule has 0 unspecified atom stereocenters. The van der Waals surface area contributed by atoms with Crippen molar-refractivity contribution in [3.8, 4) is 22.8 Å². The molecule has 4 aromatic rings. The lowest BCUT2D eigenvalue weighted by Crippen LogP contribution is -1.98. The molecule has 0 amide bonds. The molecule has 138 valence electrons. The molecule has 0 bridgehead atoms. The molecule has 7 heteroatoms. The highest BCUT2D eigenvalue weighted by atomic mass is 19.1. The number of aromatic nitrogens is 2. The third kappa shape index (κ3) is 2.38. The first-order valence-corrected chi connectivity index (χ1v) is 8.40. The van der Waals surface area contributed by atoms with Crippen LogP contribution < -0.4 is 10.5 Å². The maximum atomic E-state index is 14.8. The number of nitrogens with zero attached hydrogens (tertiary/aromatic N) is 2. The summed E-state index contributed by atoms with van der Waals surface area (Å²) in [7, 11) is 1.39. The lowest BCUT2D eigenvalue weighted by molar-refractivity contribution is 0.413. The first-order chi connectivity index (χ1) is 13.0. The van der Waals surface area contributed by atoms with Crippen LogP contribution in [0.5, 0.6) is 11.6 Å². The van der Waals surface area contributed by atoms with Crippen LogP contribution in [0.2, 0.25) is 0 Å². The van der Waals surface area contributed by atoms with Gasteiger partial charge in [0.2, 0.25) is 5.88 Å². The molecule has 0 radical (unpaired) electrons. The fourth-order valence-corrected chi connectivity index (χ4v) is 3.43. The number of aryl methyl sites for hydroxylation is 1. The van der Waals surface area contributed by atoms with Crippen molar-refractivity contribution in [1.82, 2.24) is 9.55 Å². The average Bonchev–Trinajstić information content (AvgIpc) is 2.98. The molecule has 5 nitrogen and oxygen atoms in total. The van der Waals surface area contributed by atoms with Gasteiger partial charge in [-0.25, -0.2) is 13.8 Å². The van der Waals surface area contributed by atoms with E-state index < -0.39 is 11.6 Å². The summed E-state index contributed by atoms with van der Waals surface area (Å²) in [6, 6.07) is 6.96. The van der Waals surface area contributed by atoms with Crippen molar-refractivity contribution in [2.24, 2.45) is 0 Å². The van der Waals surface area contributed by atoms with Crippen LogP contribution in [0.4, 0.5) is 14.5 Å². The quantitative estimate of drug-likeness (QED) is 0.560. The number of hydrogen-bond donors (Lipinski definition) is 2. The van der Waals surface area contributed by atoms with Gasteiger partial charge in [-0.3, -0.25) is 0 Å². The number of nitrogens with two attached hydrogens (primary N) is 1. The Morgan fingerprint density at radius 2 is 1.89 bits per heavy atom. The molecule has 0 saturated heterocycles. The summed E-state index contributed by atoms with van der Waals surface area (Å²) in [6.45, 7) is 2.38. The molecule has 2 aromatic heterocycles. The average molecular weight is 369 g/mol. The summed E-state index contributed by atoms with van der Waals surface area (Å²) < 4.78 is 36.3. The molecule has 0 spiro atoms. The number of anilines is 1. The zero-order chi connectivity index (χ0) is 19.3. The number of rotatable bonds is 3. The van der Waals surface area contributed by atoms with Crippen LogP contribution in [0.15, 0.2) is 36.5 Å². The van der Waals surface area contributed by atoms with Crippen molar-refractivity contribution in [3.05, 3.63) is 48.2 Å². The number of nitrogen functional groups attached to an aromatic ring is 1. The smallest absolute Gasteiger partial charge is 0.202 e. The number of pyridine rings is 1. The fourth-order valence-electron chi connectivity index (χ4n) is 3.43. The van der Waals surface area contributed by atoms with E-state index in [0.717, 1.165) is 0 Å². The number of benzene rings is 2. The van der Waals surface area contributed by atoms with E-state index in [0.29, 0.717) is 22.8 Å². The van der Waals surface area contributed by atoms with Gasteiger partial charge in [-0.05, 0) is 31.2 Å². The molecular weight excluding hydrogens is 352 g/mol. The Morgan fingerprint density at radius 1 is 1.15 bits per heavy atom. The number of aromatic hydroxyl groups is 1. The number of ether oxygens (including phenoxy) is 1. The minimum Gasteiger partial charge on any atom is -0.496 e. The Hall–Kier alpha value is -3.35. The van der Waals surface area contributed by atoms with Crippen LogP contribution in [0, 0.1) is 11.6 Å². The van der Waals surface area contributed by atoms with Crippen LogP contribution in [0.3, 0.4) is 0 Å². The minimum atomic E-state index is -0.642. The molecule has 0 aliphatic rings. The van der Waals surface area contributed by atoms with Crippen molar-refractivity contribution < 1.29 is 18.6 Å². The summed E-state index contributed by atoms with van der Waals surface area (Å²) in [5.41, 5.74) is 7.09. The van der Waals surface area contributed by atoms with Crippen molar-refractivity contribution in [3.63, 3.8) is 0 Å². The van der Waals surface area contributed by atoms with Gasteiger partial charge in [-0.15, -0.1) is 0 Å². The van der Waals surface area contributed by atoms with Crippen molar-refractivity contribution in [1.29, 1.82) is 0 Å². The number of hydrogen-bond acceptors (Lipinski definition) is 4. The zero-order valence-electron chi connectivity index (χ0n) is 14.8. The number of fused-ring (bicyclic) bond motifs is 2. The predicted octanol–water partition coefficient (Wildman–Crippen LogP) is 4.45. The van der Waals surface area contributed by atoms with Crippen molar-refractivity contribution in [2.45, 2.75) is 13.5 Å². The summed E-state index contributed by atoms with van der Waals surface area (Å²) in [5.74, 6) is -1.09. The predicted molar refractivity (Wildman–Crippen MR) is 101 cm³/mol. The summed E-state index contributed by atoms with van der Waals surface area (Å²) >= 11 is 0. The van der Waals surface area contributed by atoms with E-state index in [1.807, 2.05) is 6.92 Å². The van der Waals surface area contributed by atoms with E-state index in [1.54, 1.807) is 16.8 Å². The van der Waals surface area contributed by atoms with E-state index in [-0.39, 0.29) is 34.0 Å². The van der Waals surface area contributed by atoms with E-state index in [4.69, 9.17) is 10.5 Å². The van der Waals surface area contributed by atoms with Gasteiger partial charge in [0, 0.05) is 18.1 Å². The van der Waals surface area contributed by atoms with Crippen molar-refractivity contribution in [2.75, 3.05) is 12.8 Å². The van der Waals surface area contributed by atoms with E-state index in [1.165, 1.54) is 31.4 Å². The van der Waals surface area contributed by atoms with Crippen LogP contribution in [-0.2, 0) is 6.54 Å². The van der Waals surface area contributed by atoms with Gasteiger partial charge in [-0.2, -0.15) is 0 Å². The highest BCUT2D eigenvalue weighted by Gasteiger charge is 2.23. The van der Waals surface area contributed by atoms with Gasteiger partial charge >= 0.3 is 0 Å². The Labute approximate surface area is 153 Å². The molecule has 0 saturated carbocycles. The molecule has 0 atom stereocenters. The summed E-state index contributed by atoms with van der Waals surface area (Å²) in [5, 5.41) is 11.2. The largest absolute Gasteiger partial charge is 0.496 e. The highest BCUT2D eigenvalue weighted by molar-refractivity contribution is 6.12. The third-order valence-electron chi connectivity index (χ3n) is 4.73. The Morgan fingerprint density at radius 3 is 2.59 bits per heavy atom. The van der Waals surface area contributed by atoms with Gasteiger partial charge in [0.15, 0.2) is 0 Å². The van der Waals surface area contributed by atoms with Gasteiger partial charge in [-0.1, -0.05) is 6.07 Å². The molecule has 27 heavy (non-hydrogen) atoms. The number of halogens is 2. The standard InChI is InChI=1S/C20H17F2N3O2/c1-3-25-9-13-17(20(25)26)18(23)10-7-8-12(22)16(19(10)24-13)15-11(21)5-4-6-14(15)27-2/h4-9,26H,3,23H2,1-2H3. The van der Waals surface area contributed by atoms with Crippen LogP contribution >= 0.6 is 0 Å². The summed E-state index contributed by atoms with van der Waals surface area (Å²) in [6.07, 6.45) is 1.63. The lowest BCUT2D eigenvalue weighted by Gasteiger charge is -2.14. The molecule has 2 heterocycles. The molecule has 0 aliphatic carbocycles. The molecule has 3 N–H and O–H groups in total. The third-order valence-corrected chi connectivity index (χ3v) is 4.73. The second-order valence-corrected chi connectivity index (χ2v) is 6.16. The maximum absolute atomic E-state index is 14.8. The lowest BCUT2D eigenvalue weighted by atomic mass is 9.98. The highest BCUT2D eigenvalue weighted by Crippen LogP contribution is 2.42. The SMILES string of the molecule is CCn1cc2nc3c(-c4c(F)cccc4OC)c(F)ccc3c(N)c2c1O. The van der Waals surface area contributed by atoms with Crippen molar-refractivity contribution >= 4 is 27.5 Å². The Bertz CT molecular complexity index is 1200. The first-order valence-electron chi connectivity index (χ1n) is 8.40. The first kappa shape index (κ1) is 17.1. The zero-order valence-corrected chi connectivity index (χ0v) is 14.8. The minimum absolute atomic E-state index is 0.00579. The Balaban J connectivity index is 2.19. The van der Waals surface area contributed by atoms with Crippen LogP contribution in [0.25, 0.3) is 32.9 Å². The monoisotopic (exact) mass is 369 g/mol. The molecule has 4 rings (SSSR count). The maximum Gasteiger partial charge on any atom is 0.202 e. The normalized spacial score (nSPS) is 11.4. The van der Waals surface area contributed by atoms with E-state index >= 15 is 0 Å². The number of methoxy groups -OCH3 is 1. The summed E-state index contributed by atoms with van der Waals surface area (Å²) in [4.78, 5) is 4.50. The fraction of sp³-hybridized carbons (Fsp3) is 0.150. The Kier molecular flexibility index (Phi) is 3.87. The molecule has 2 aromatic carbocycles. The second kappa shape index (κ2) is 6.12. The van der Waals surface area contributed by atoms with Gasteiger partial charge in [0.1, 0.15) is 17.4 Å². The molecular formula is C20H17F2N3O2. The van der Waals surface area contributed by atoms with Gasteiger partial charge in [0.05, 0.1) is 40.3 Å². The van der Waals surface area contributed by atoms with E-state index in [9.17, 15) is 13.9 Å². The molecule has 0 aliphatic heterocycles. The topological polar surface area (TPSA) is 73.3 Å². The van der Waals surface area contributed by atoms with Crippen LogP contribution in [0.1, 0.15) is 6.92 Å². The van der Waals surface area contributed by atoms with E-state index in [2.05, 4.69) is 4.98 Å². The second-order valence-electron chi connectivity index (χ2n) is 6.16. The van der Waals surface area contributed by atoms with Gasteiger partial charge < -0.3 is 20.1 Å².